The van der Waals surface area contributed by atoms with Gasteiger partial charge in [-0.05, 0) is 48.4 Å². The van der Waals surface area contributed by atoms with Crippen LogP contribution in [0, 0.1) is 18.8 Å². The molecule has 5 rings (SSSR count). The molecule has 0 aliphatic carbocycles. The molecular formula is C28H26N2O4S. The van der Waals surface area contributed by atoms with Gasteiger partial charge in [-0.2, -0.15) is 4.31 Å². The van der Waals surface area contributed by atoms with Crippen LogP contribution in [0.15, 0.2) is 83.8 Å². The van der Waals surface area contributed by atoms with Gasteiger partial charge < -0.3 is 10.0 Å². The van der Waals surface area contributed by atoms with Gasteiger partial charge in [-0.1, -0.05) is 60.4 Å². The number of hydrogen-bond acceptors (Lipinski definition) is 4. The van der Waals surface area contributed by atoms with Crippen molar-refractivity contribution < 1.29 is 18.3 Å². The first kappa shape index (κ1) is 23.3. The van der Waals surface area contributed by atoms with Crippen molar-refractivity contribution in [2.24, 2.45) is 0 Å². The fourth-order valence-electron chi connectivity index (χ4n) is 5.09. The monoisotopic (exact) mass is 486 g/mol. The third-order valence-corrected chi connectivity index (χ3v) is 8.82. The molecule has 3 aromatic carbocycles. The van der Waals surface area contributed by atoms with E-state index in [1.165, 1.54) is 4.31 Å². The summed E-state index contributed by atoms with van der Waals surface area (Å²) in [6.07, 6.45) is 0. The van der Waals surface area contributed by atoms with Gasteiger partial charge in [0, 0.05) is 23.6 Å². The zero-order valence-corrected chi connectivity index (χ0v) is 20.2. The number of aryl methyl sites for hydroxylation is 1. The van der Waals surface area contributed by atoms with Crippen LogP contribution in [0.5, 0.6) is 0 Å². The smallest absolute Gasteiger partial charge is 0.243 e. The van der Waals surface area contributed by atoms with Crippen molar-refractivity contribution in [3.05, 3.63) is 101 Å². The van der Waals surface area contributed by atoms with Crippen molar-refractivity contribution in [1.82, 2.24) is 9.21 Å². The zero-order valence-electron chi connectivity index (χ0n) is 19.3. The highest BCUT2D eigenvalue weighted by molar-refractivity contribution is 7.89. The minimum atomic E-state index is -3.81. The molecule has 1 amide bonds. The Labute approximate surface area is 205 Å². The lowest BCUT2D eigenvalue weighted by Gasteiger charge is -2.58. The predicted molar refractivity (Wildman–Crippen MR) is 133 cm³/mol. The molecule has 2 aliphatic heterocycles. The van der Waals surface area contributed by atoms with Crippen molar-refractivity contribution in [2.75, 3.05) is 19.7 Å². The van der Waals surface area contributed by atoms with E-state index < -0.39 is 10.0 Å². The molecule has 35 heavy (non-hydrogen) atoms. The molecule has 6 nitrogen and oxygen atoms in total. The second-order valence-electron chi connectivity index (χ2n) is 8.95. The van der Waals surface area contributed by atoms with E-state index in [2.05, 4.69) is 11.8 Å². The molecular weight excluding hydrogens is 460 g/mol. The van der Waals surface area contributed by atoms with Gasteiger partial charge in [-0.15, -0.1) is 0 Å². The molecule has 3 atom stereocenters. The summed E-state index contributed by atoms with van der Waals surface area (Å²) in [5, 5.41) is 10.0. The van der Waals surface area contributed by atoms with Crippen LogP contribution in [0.4, 0.5) is 0 Å². The lowest BCUT2D eigenvalue weighted by molar-refractivity contribution is -0.158. The number of rotatable bonds is 4. The van der Waals surface area contributed by atoms with Crippen LogP contribution in [0.1, 0.15) is 28.2 Å². The van der Waals surface area contributed by atoms with Gasteiger partial charge in [-0.3, -0.25) is 4.79 Å². The van der Waals surface area contributed by atoms with E-state index in [9.17, 15) is 18.3 Å². The summed E-state index contributed by atoms with van der Waals surface area (Å²) in [4.78, 5) is 14.8. The molecule has 0 bridgehead atoms. The second kappa shape index (κ2) is 9.31. The molecule has 0 aromatic heterocycles. The quantitative estimate of drug-likeness (QED) is 0.576. The normalized spacial score (nSPS) is 22.1. The topological polar surface area (TPSA) is 77.9 Å². The summed E-state index contributed by atoms with van der Waals surface area (Å²) < 4.78 is 28.0. The number of sulfonamides is 1. The average Bonchev–Trinajstić information content (AvgIpc) is 2.85. The predicted octanol–water partition coefficient (Wildman–Crippen LogP) is 2.75. The Morgan fingerprint density at radius 2 is 1.54 bits per heavy atom. The van der Waals surface area contributed by atoms with E-state index in [4.69, 9.17) is 0 Å². The van der Waals surface area contributed by atoms with Gasteiger partial charge in [-0.25, -0.2) is 8.42 Å². The first-order chi connectivity index (χ1) is 16.9. The molecule has 7 heteroatoms. The fraction of sp³-hybridized carbons (Fsp3) is 0.250. The van der Waals surface area contributed by atoms with Crippen LogP contribution < -0.4 is 0 Å². The fourth-order valence-corrected chi connectivity index (χ4v) is 6.73. The Bertz CT molecular complexity index is 1410. The number of aliphatic hydroxyl groups is 1. The van der Waals surface area contributed by atoms with Gasteiger partial charge in [0.1, 0.15) is 0 Å². The van der Waals surface area contributed by atoms with Gasteiger partial charge in [0.2, 0.25) is 15.9 Å². The molecule has 2 saturated heterocycles. The van der Waals surface area contributed by atoms with Gasteiger partial charge in [0.15, 0.2) is 0 Å². The largest absolute Gasteiger partial charge is 0.394 e. The van der Waals surface area contributed by atoms with Crippen molar-refractivity contribution >= 4 is 15.9 Å². The molecule has 0 radical (unpaired) electrons. The molecule has 2 fully saturated rings. The number of benzene rings is 3. The Hall–Kier alpha value is -3.44. The molecule has 2 aliphatic rings. The van der Waals surface area contributed by atoms with Crippen molar-refractivity contribution in [1.29, 1.82) is 0 Å². The number of nitrogens with zero attached hydrogens (tertiary/aromatic N) is 2. The van der Waals surface area contributed by atoms with E-state index in [1.54, 1.807) is 36.1 Å². The van der Waals surface area contributed by atoms with Crippen LogP contribution in [0.2, 0.25) is 0 Å². The maximum absolute atomic E-state index is 13.3. The van der Waals surface area contributed by atoms with Gasteiger partial charge in [0.05, 0.1) is 30.1 Å². The summed E-state index contributed by atoms with van der Waals surface area (Å²) in [5.74, 6) is 5.85. The third kappa shape index (κ3) is 4.25. The van der Waals surface area contributed by atoms with Crippen LogP contribution in [-0.4, -0.2) is 60.4 Å². The van der Waals surface area contributed by atoms with E-state index >= 15 is 0 Å². The second-order valence-corrected chi connectivity index (χ2v) is 10.9. The summed E-state index contributed by atoms with van der Waals surface area (Å²) in [6.45, 7) is 1.55. The molecule has 0 spiro atoms. The minimum Gasteiger partial charge on any atom is -0.394 e. The van der Waals surface area contributed by atoms with Crippen LogP contribution >= 0.6 is 0 Å². The van der Waals surface area contributed by atoms with Gasteiger partial charge >= 0.3 is 0 Å². The first-order valence-corrected chi connectivity index (χ1v) is 13.0. The maximum atomic E-state index is 13.3. The van der Waals surface area contributed by atoms with E-state index in [0.717, 1.165) is 16.7 Å². The standard InChI is InChI=1S/C28H26N2O4S/c1-20-7-5-6-10-26(20)35(33,34)29-17-24-28(25(19-31)30(24)27(32)18-29)23-15-13-22(14-16-23)12-11-21-8-3-2-4-9-21/h2-10,13-16,24-25,28,31H,17-19H2,1H3/t24-,25-,28+/m1/s1. The number of carbonyl (C=O) groups is 1. The summed E-state index contributed by atoms with van der Waals surface area (Å²) in [5.41, 5.74) is 3.39. The Morgan fingerprint density at radius 1 is 0.914 bits per heavy atom. The van der Waals surface area contributed by atoms with Crippen molar-refractivity contribution in [3.8, 4) is 11.8 Å². The van der Waals surface area contributed by atoms with Crippen molar-refractivity contribution in [3.63, 3.8) is 0 Å². The molecule has 178 valence electrons. The van der Waals surface area contributed by atoms with Crippen molar-refractivity contribution in [2.45, 2.75) is 29.8 Å². The average molecular weight is 487 g/mol. The number of hydrogen-bond donors (Lipinski definition) is 1. The zero-order chi connectivity index (χ0) is 24.6. The number of carbonyl (C=O) groups excluding carboxylic acids is 1. The molecule has 0 saturated carbocycles. The number of amides is 1. The number of fused-ring (bicyclic) bond motifs is 1. The summed E-state index contributed by atoms with van der Waals surface area (Å²) in [6, 6.07) is 23.6. The molecule has 1 N–H and O–H groups in total. The highest BCUT2D eigenvalue weighted by Gasteiger charge is 2.55. The lowest BCUT2D eigenvalue weighted by atomic mass is 9.74. The molecule has 0 unspecified atom stereocenters. The van der Waals surface area contributed by atoms with Crippen LogP contribution in [-0.2, 0) is 14.8 Å². The van der Waals surface area contributed by atoms with E-state index in [1.807, 2.05) is 54.6 Å². The number of piperazine rings is 1. The Balaban J connectivity index is 1.39. The Morgan fingerprint density at radius 3 is 2.20 bits per heavy atom. The molecule has 2 heterocycles. The third-order valence-electron chi connectivity index (χ3n) is 6.85. The highest BCUT2D eigenvalue weighted by Crippen LogP contribution is 2.43. The SMILES string of the molecule is Cc1ccccc1S(=O)(=O)N1CC(=O)N2[C@H](CO)[C@@H](c3ccc(C#Cc4ccccc4)cc3)[C@H]2C1. The van der Waals surface area contributed by atoms with E-state index in [0.29, 0.717) is 5.56 Å². The van der Waals surface area contributed by atoms with Crippen LogP contribution in [0.3, 0.4) is 0 Å². The highest BCUT2D eigenvalue weighted by atomic mass is 32.2. The summed E-state index contributed by atoms with van der Waals surface area (Å²) >= 11 is 0. The lowest BCUT2D eigenvalue weighted by Crippen LogP contribution is -2.73. The van der Waals surface area contributed by atoms with Crippen LogP contribution in [0.25, 0.3) is 0 Å². The van der Waals surface area contributed by atoms with Gasteiger partial charge in [0.25, 0.3) is 0 Å². The first-order valence-electron chi connectivity index (χ1n) is 11.5. The maximum Gasteiger partial charge on any atom is 0.243 e. The number of aliphatic hydroxyl groups excluding tert-OH is 1. The Kier molecular flexibility index (Phi) is 6.20. The summed E-state index contributed by atoms with van der Waals surface area (Å²) in [7, 11) is -3.81. The van der Waals surface area contributed by atoms with E-state index in [-0.39, 0.29) is 48.5 Å². The minimum absolute atomic E-state index is 0.157. The molecule has 3 aromatic rings.